The van der Waals surface area contributed by atoms with Gasteiger partial charge in [0.1, 0.15) is 0 Å². The number of carbonyl (C=O) groups excluding carboxylic acids is 1. The molecule has 2 aromatic carbocycles. The van der Waals surface area contributed by atoms with Crippen LogP contribution in [-0.2, 0) is 10.0 Å². The van der Waals surface area contributed by atoms with Gasteiger partial charge in [-0.3, -0.25) is 4.79 Å². The van der Waals surface area contributed by atoms with Crippen LogP contribution in [0.25, 0.3) is 0 Å². The number of hydrogen-bond acceptors (Lipinski definition) is 3. The molecular formula is C20H26N2O3S. The van der Waals surface area contributed by atoms with E-state index in [1.165, 1.54) is 4.31 Å². The van der Waals surface area contributed by atoms with Gasteiger partial charge < -0.3 is 5.32 Å². The summed E-state index contributed by atoms with van der Waals surface area (Å²) in [5, 5.41) is 2.94. The summed E-state index contributed by atoms with van der Waals surface area (Å²) in [6.07, 6.45) is 0. The second-order valence-electron chi connectivity index (χ2n) is 6.22. The number of nitrogens with zero attached hydrogens (tertiary/aromatic N) is 1. The van der Waals surface area contributed by atoms with E-state index < -0.39 is 10.0 Å². The average molecular weight is 375 g/mol. The predicted molar refractivity (Wildman–Crippen MR) is 104 cm³/mol. The first-order valence-electron chi connectivity index (χ1n) is 8.77. The quantitative estimate of drug-likeness (QED) is 0.806. The van der Waals surface area contributed by atoms with Gasteiger partial charge in [0, 0.05) is 18.7 Å². The third kappa shape index (κ3) is 4.51. The van der Waals surface area contributed by atoms with E-state index in [-0.39, 0.29) is 16.8 Å². The number of aryl methyl sites for hydroxylation is 1. The summed E-state index contributed by atoms with van der Waals surface area (Å²) in [4.78, 5) is 12.6. The normalized spacial score (nSPS) is 12.8. The van der Waals surface area contributed by atoms with E-state index in [9.17, 15) is 13.2 Å². The Morgan fingerprint density at radius 2 is 1.54 bits per heavy atom. The van der Waals surface area contributed by atoms with Crippen LogP contribution in [0.4, 0.5) is 0 Å². The number of nitrogens with one attached hydrogen (secondary N) is 1. The summed E-state index contributed by atoms with van der Waals surface area (Å²) in [5.74, 6) is -0.155. The minimum atomic E-state index is -3.47. The van der Waals surface area contributed by atoms with E-state index in [1.807, 2.05) is 39.8 Å². The summed E-state index contributed by atoms with van der Waals surface area (Å²) < 4.78 is 26.5. The monoisotopic (exact) mass is 374 g/mol. The second kappa shape index (κ2) is 8.47. The molecule has 1 amide bonds. The van der Waals surface area contributed by atoms with Crippen LogP contribution in [0.5, 0.6) is 0 Å². The Balaban J connectivity index is 2.12. The van der Waals surface area contributed by atoms with Gasteiger partial charge in [0.25, 0.3) is 5.91 Å². The fourth-order valence-corrected chi connectivity index (χ4v) is 4.17. The maximum Gasteiger partial charge on any atom is 0.251 e. The topological polar surface area (TPSA) is 66.5 Å². The molecule has 0 aromatic heterocycles. The lowest BCUT2D eigenvalue weighted by molar-refractivity contribution is 0.0940. The minimum Gasteiger partial charge on any atom is -0.346 e. The third-order valence-corrected chi connectivity index (χ3v) is 6.45. The van der Waals surface area contributed by atoms with Gasteiger partial charge in [-0.05, 0) is 43.7 Å². The molecule has 2 aromatic rings. The van der Waals surface area contributed by atoms with Gasteiger partial charge in [0.05, 0.1) is 10.9 Å². The molecule has 6 heteroatoms. The Kier molecular flexibility index (Phi) is 6.56. The van der Waals surface area contributed by atoms with E-state index in [4.69, 9.17) is 0 Å². The number of sulfonamides is 1. The fraction of sp³-hybridized carbons (Fsp3) is 0.350. The molecule has 0 aliphatic rings. The van der Waals surface area contributed by atoms with Crippen LogP contribution in [0.15, 0.2) is 53.4 Å². The molecule has 2 rings (SSSR count). The maximum absolute atomic E-state index is 12.5. The highest BCUT2D eigenvalue weighted by atomic mass is 32.2. The van der Waals surface area contributed by atoms with Crippen LogP contribution < -0.4 is 5.32 Å². The molecule has 1 atom stereocenters. The largest absolute Gasteiger partial charge is 0.346 e. The average Bonchev–Trinajstić information content (AvgIpc) is 2.63. The summed E-state index contributed by atoms with van der Waals surface area (Å²) in [7, 11) is -3.47. The third-order valence-electron chi connectivity index (χ3n) is 4.38. The van der Waals surface area contributed by atoms with Crippen molar-refractivity contribution in [3.63, 3.8) is 0 Å². The van der Waals surface area contributed by atoms with E-state index in [1.54, 1.807) is 36.4 Å². The van der Waals surface area contributed by atoms with Gasteiger partial charge in [-0.2, -0.15) is 4.31 Å². The lowest BCUT2D eigenvalue weighted by atomic mass is 10.1. The van der Waals surface area contributed by atoms with E-state index in [0.29, 0.717) is 18.7 Å². The first-order chi connectivity index (χ1) is 12.3. The molecule has 26 heavy (non-hydrogen) atoms. The number of benzene rings is 2. The smallest absolute Gasteiger partial charge is 0.251 e. The molecule has 0 aliphatic heterocycles. The zero-order chi connectivity index (χ0) is 19.3. The SMILES string of the molecule is CCN(CC)S(=O)(=O)c1ccc(C(C)NC(=O)c2ccc(C)cc2)cc1. The van der Waals surface area contributed by atoms with Crippen molar-refractivity contribution in [3.05, 3.63) is 65.2 Å². The number of hydrogen-bond donors (Lipinski definition) is 1. The van der Waals surface area contributed by atoms with Crippen molar-refractivity contribution >= 4 is 15.9 Å². The van der Waals surface area contributed by atoms with Crippen molar-refractivity contribution in [1.29, 1.82) is 0 Å². The minimum absolute atomic E-state index is 0.155. The molecule has 0 fully saturated rings. The fourth-order valence-electron chi connectivity index (χ4n) is 2.71. The highest BCUT2D eigenvalue weighted by Crippen LogP contribution is 2.20. The molecule has 140 valence electrons. The van der Waals surface area contributed by atoms with E-state index in [0.717, 1.165) is 11.1 Å². The molecule has 0 radical (unpaired) electrons. The Morgan fingerprint density at radius 1 is 1.00 bits per heavy atom. The lowest BCUT2D eigenvalue weighted by Gasteiger charge is -2.19. The Morgan fingerprint density at radius 3 is 2.04 bits per heavy atom. The Labute approximate surface area is 156 Å². The van der Waals surface area contributed by atoms with E-state index >= 15 is 0 Å². The van der Waals surface area contributed by atoms with Crippen molar-refractivity contribution < 1.29 is 13.2 Å². The Bertz CT molecular complexity index is 840. The van der Waals surface area contributed by atoms with Crippen LogP contribution in [0, 0.1) is 6.92 Å². The zero-order valence-electron chi connectivity index (χ0n) is 15.7. The van der Waals surface area contributed by atoms with Crippen LogP contribution in [-0.4, -0.2) is 31.7 Å². The van der Waals surface area contributed by atoms with Crippen molar-refractivity contribution in [2.45, 2.75) is 38.6 Å². The molecule has 0 saturated carbocycles. The molecule has 0 saturated heterocycles. The number of carbonyl (C=O) groups is 1. The zero-order valence-corrected chi connectivity index (χ0v) is 16.5. The standard InChI is InChI=1S/C20H26N2O3S/c1-5-22(6-2)26(24,25)19-13-11-17(12-14-19)16(4)21-20(23)18-9-7-15(3)8-10-18/h7-14,16H,5-6H2,1-4H3,(H,21,23). The van der Waals surface area contributed by atoms with Crippen LogP contribution >= 0.6 is 0 Å². The van der Waals surface area contributed by atoms with Gasteiger partial charge in [-0.15, -0.1) is 0 Å². The maximum atomic E-state index is 12.5. The highest BCUT2D eigenvalue weighted by Gasteiger charge is 2.21. The van der Waals surface area contributed by atoms with Gasteiger partial charge in [0.2, 0.25) is 10.0 Å². The molecule has 0 bridgehead atoms. The second-order valence-corrected chi connectivity index (χ2v) is 8.16. The van der Waals surface area contributed by atoms with Crippen molar-refractivity contribution in [1.82, 2.24) is 9.62 Å². The van der Waals surface area contributed by atoms with Crippen molar-refractivity contribution in [2.75, 3.05) is 13.1 Å². The first kappa shape index (κ1) is 20.1. The summed E-state index contributed by atoms with van der Waals surface area (Å²) in [5.41, 5.74) is 2.55. The van der Waals surface area contributed by atoms with Gasteiger partial charge >= 0.3 is 0 Å². The van der Waals surface area contributed by atoms with E-state index in [2.05, 4.69) is 5.32 Å². The molecule has 0 aliphatic carbocycles. The van der Waals surface area contributed by atoms with Gasteiger partial charge in [0.15, 0.2) is 0 Å². The van der Waals surface area contributed by atoms with Crippen LogP contribution in [0.3, 0.4) is 0 Å². The van der Waals surface area contributed by atoms with Crippen LogP contribution in [0.2, 0.25) is 0 Å². The lowest BCUT2D eigenvalue weighted by Crippen LogP contribution is -2.30. The molecular weight excluding hydrogens is 348 g/mol. The number of amides is 1. The summed E-state index contributed by atoms with van der Waals surface area (Å²) >= 11 is 0. The van der Waals surface area contributed by atoms with Crippen LogP contribution in [0.1, 0.15) is 48.3 Å². The van der Waals surface area contributed by atoms with Gasteiger partial charge in [-0.1, -0.05) is 43.7 Å². The Hall–Kier alpha value is -2.18. The molecule has 0 heterocycles. The molecule has 1 unspecified atom stereocenters. The molecule has 0 spiro atoms. The first-order valence-corrected chi connectivity index (χ1v) is 10.2. The number of rotatable bonds is 7. The summed E-state index contributed by atoms with van der Waals surface area (Å²) in [6, 6.07) is 13.8. The molecule has 1 N–H and O–H groups in total. The predicted octanol–water partition coefficient (Wildman–Crippen LogP) is 3.52. The van der Waals surface area contributed by atoms with Gasteiger partial charge in [-0.25, -0.2) is 8.42 Å². The highest BCUT2D eigenvalue weighted by molar-refractivity contribution is 7.89. The molecule has 5 nitrogen and oxygen atoms in total. The summed E-state index contributed by atoms with van der Waals surface area (Å²) in [6.45, 7) is 8.35. The van der Waals surface area contributed by atoms with Crippen molar-refractivity contribution in [3.8, 4) is 0 Å². The van der Waals surface area contributed by atoms with Crippen molar-refractivity contribution in [2.24, 2.45) is 0 Å².